The first-order valence-electron chi connectivity index (χ1n) is 29.2. The molecule has 0 saturated heterocycles. The van der Waals surface area contributed by atoms with Crippen LogP contribution in [0.2, 0.25) is 0 Å². The highest BCUT2D eigenvalue weighted by Crippen LogP contribution is 2.15. The van der Waals surface area contributed by atoms with Gasteiger partial charge in [-0.1, -0.05) is 264 Å². The first-order valence-corrected chi connectivity index (χ1v) is 29.2. The molecule has 6 nitrogen and oxygen atoms in total. The minimum Gasteiger partial charge on any atom is -0.462 e. The van der Waals surface area contributed by atoms with Gasteiger partial charge >= 0.3 is 17.9 Å². The fourth-order valence-electron chi connectivity index (χ4n) is 7.62. The Labute approximate surface area is 443 Å². The minimum atomic E-state index is -0.835. The van der Waals surface area contributed by atoms with E-state index in [-0.39, 0.29) is 44.0 Å². The van der Waals surface area contributed by atoms with Gasteiger partial charge in [-0.15, -0.1) is 0 Å². The van der Waals surface area contributed by atoms with Gasteiger partial charge in [0.15, 0.2) is 6.10 Å². The smallest absolute Gasteiger partial charge is 0.306 e. The van der Waals surface area contributed by atoms with Crippen LogP contribution in [0, 0.1) is 0 Å². The van der Waals surface area contributed by atoms with Crippen LogP contribution in [-0.2, 0) is 28.6 Å². The summed E-state index contributed by atoms with van der Waals surface area (Å²) >= 11 is 0. The van der Waals surface area contributed by atoms with E-state index >= 15 is 0 Å². The standard InChI is InChI=1S/C66H106O6/c1-4-7-10-13-16-19-22-25-28-31-33-36-38-41-44-47-50-53-56-59-65(68)71-62-63(61-70-64(67)58-55-52-49-46-43-40-37-34-30-27-24-21-18-15-12-9-6-3)72-66(69)60-57-54-51-48-45-42-39-35-32-29-26-23-20-17-14-11-8-5-2/h7,9-10,12,16,18-19,21,25,27-28,30,33,36-37,40-41,44,46,49-50,53,63H,4-6,8,11,13-15,17,20,22-24,26,29,31-32,34-35,38-39,42-43,45,47-48,51-52,54-62H2,1-3H3/b10-7-,12-9-,19-16-,21-18-,28-25-,30-27-,36-33-,40-37-,44-41-,49-46-,53-50-. The Morgan fingerprint density at radius 3 is 0.917 bits per heavy atom. The van der Waals surface area contributed by atoms with Gasteiger partial charge in [0, 0.05) is 19.3 Å². The molecule has 1 atom stereocenters. The van der Waals surface area contributed by atoms with Crippen molar-refractivity contribution in [2.24, 2.45) is 0 Å². The molecule has 0 amide bonds. The van der Waals surface area contributed by atoms with Crippen molar-refractivity contribution < 1.29 is 28.6 Å². The first-order chi connectivity index (χ1) is 35.5. The van der Waals surface area contributed by atoms with Crippen molar-refractivity contribution >= 4 is 17.9 Å². The number of carbonyl (C=O) groups excluding carboxylic acids is 3. The van der Waals surface area contributed by atoms with Gasteiger partial charge in [-0.3, -0.25) is 14.4 Å². The molecule has 0 aliphatic rings. The molecule has 0 aliphatic carbocycles. The van der Waals surface area contributed by atoms with Crippen molar-refractivity contribution in [1.29, 1.82) is 0 Å². The summed E-state index contributed by atoms with van der Waals surface area (Å²) in [5.41, 5.74) is 0. The Hall–Kier alpha value is -4.45. The molecule has 1 unspecified atom stereocenters. The van der Waals surface area contributed by atoms with Crippen LogP contribution in [0.25, 0.3) is 0 Å². The highest BCUT2D eigenvalue weighted by atomic mass is 16.6. The Bertz CT molecular complexity index is 1560. The average molecular weight is 996 g/mol. The molecule has 0 rings (SSSR count). The third-order valence-electron chi connectivity index (χ3n) is 11.9. The summed E-state index contributed by atoms with van der Waals surface area (Å²) in [6.45, 7) is 6.30. The molecule has 0 spiro atoms. The lowest BCUT2D eigenvalue weighted by atomic mass is 10.0. The van der Waals surface area contributed by atoms with Gasteiger partial charge in [0.25, 0.3) is 0 Å². The molecule has 72 heavy (non-hydrogen) atoms. The van der Waals surface area contributed by atoms with Crippen molar-refractivity contribution in [3.8, 4) is 0 Å². The van der Waals surface area contributed by atoms with Crippen LogP contribution in [0.4, 0.5) is 0 Å². The van der Waals surface area contributed by atoms with Crippen molar-refractivity contribution in [2.45, 2.75) is 252 Å². The third-order valence-corrected chi connectivity index (χ3v) is 11.9. The van der Waals surface area contributed by atoms with E-state index in [0.29, 0.717) is 19.3 Å². The van der Waals surface area contributed by atoms with Gasteiger partial charge in [-0.2, -0.15) is 0 Å². The molecule has 6 heteroatoms. The van der Waals surface area contributed by atoms with Crippen LogP contribution in [0.15, 0.2) is 134 Å². The molecule has 0 aromatic carbocycles. The number of unbranched alkanes of at least 4 members (excludes halogenated alkanes) is 18. The predicted molar refractivity (Wildman–Crippen MR) is 311 cm³/mol. The summed E-state index contributed by atoms with van der Waals surface area (Å²) in [4.78, 5) is 38.2. The fourth-order valence-corrected chi connectivity index (χ4v) is 7.62. The number of carbonyl (C=O) groups is 3. The van der Waals surface area contributed by atoms with Gasteiger partial charge in [0.05, 0.1) is 0 Å². The van der Waals surface area contributed by atoms with Crippen molar-refractivity contribution in [2.75, 3.05) is 13.2 Å². The van der Waals surface area contributed by atoms with Gasteiger partial charge in [-0.25, -0.2) is 0 Å². The minimum absolute atomic E-state index is 0.133. The zero-order valence-corrected chi connectivity index (χ0v) is 46.4. The molecule has 0 saturated carbocycles. The van der Waals surface area contributed by atoms with E-state index in [1.807, 2.05) is 12.2 Å². The monoisotopic (exact) mass is 995 g/mol. The van der Waals surface area contributed by atoms with Gasteiger partial charge < -0.3 is 14.2 Å². The zero-order chi connectivity index (χ0) is 52.2. The highest BCUT2D eigenvalue weighted by Gasteiger charge is 2.19. The van der Waals surface area contributed by atoms with Gasteiger partial charge in [0.1, 0.15) is 13.2 Å². The second kappa shape index (κ2) is 59.1. The summed E-state index contributed by atoms with van der Waals surface area (Å²) in [5, 5.41) is 0. The zero-order valence-electron chi connectivity index (χ0n) is 46.4. The van der Waals surface area contributed by atoms with Crippen LogP contribution < -0.4 is 0 Å². The quantitative estimate of drug-likeness (QED) is 0.0261. The van der Waals surface area contributed by atoms with E-state index in [0.717, 1.165) is 96.3 Å². The second-order valence-electron chi connectivity index (χ2n) is 18.8. The van der Waals surface area contributed by atoms with Crippen molar-refractivity contribution in [3.63, 3.8) is 0 Å². The summed E-state index contributed by atoms with van der Waals surface area (Å²) < 4.78 is 16.8. The summed E-state index contributed by atoms with van der Waals surface area (Å²) in [6.07, 6.45) is 83.2. The number of hydrogen-bond acceptors (Lipinski definition) is 6. The van der Waals surface area contributed by atoms with Crippen LogP contribution in [0.3, 0.4) is 0 Å². The van der Waals surface area contributed by atoms with Gasteiger partial charge in [-0.05, 0) is 96.3 Å². The summed E-state index contributed by atoms with van der Waals surface area (Å²) in [7, 11) is 0. The number of allylic oxidation sites excluding steroid dienone is 22. The van der Waals surface area contributed by atoms with Crippen LogP contribution in [0.1, 0.15) is 245 Å². The van der Waals surface area contributed by atoms with Crippen LogP contribution >= 0.6 is 0 Å². The number of rotatable bonds is 51. The van der Waals surface area contributed by atoms with E-state index < -0.39 is 6.10 Å². The predicted octanol–water partition coefficient (Wildman–Crippen LogP) is 19.8. The van der Waals surface area contributed by atoms with E-state index in [2.05, 4.69) is 142 Å². The SMILES string of the molecule is CC/C=C\C/C=C\C/C=C\C/C=C\C/C=C\C/C=C\CCC(=O)OCC(COC(=O)CCC/C=C\C/C=C\C/C=C\C/C=C\C/C=C\CC)OC(=O)CCCCCCCCCCCCCCCCCCCC. The van der Waals surface area contributed by atoms with E-state index in [1.54, 1.807) is 0 Å². The molecule has 0 aromatic rings. The molecular formula is C66H106O6. The first kappa shape index (κ1) is 67.5. The van der Waals surface area contributed by atoms with Crippen molar-refractivity contribution in [1.82, 2.24) is 0 Å². The molecule has 0 aliphatic heterocycles. The molecule has 0 bridgehead atoms. The van der Waals surface area contributed by atoms with Gasteiger partial charge in [0.2, 0.25) is 0 Å². The molecular weight excluding hydrogens is 889 g/mol. The second-order valence-corrected chi connectivity index (χ2v) is 18.8. The Morgan fingerprint density at radius 1 is 0.292 bits per heavy atom. The summed E-state index contributed by atoms with van der Waals surface area (Å²) in [6, 6.07) is 0. The summed E-state index contributed by atoms with van der Waals surface area (Å²) in [5.74, 6) is -1.07. The van der Waals surface area contributed by atoms with E-state index in [1.165, 1.54) is 96.3 Å². The lowest BCUT2D eigenvalue weighted by molar-refractivity contribution is -0.166. The molecule has 0 radical (unpaired) electrons. The Balaban J connectivity index is 4.58. The largest absolute Gasteiger partial charge is 0.462 e. The Morgan fingerprint density at radius 2 is 0.569 bits per heavy atom. The highest BCUT2D eigenvalue weighted by molar-refractivity contribution is 5.71. The lowest BCUT2D eigenvalue weighted by Crippen LogP contribution is -2.30. The molecule has 0 aromatic heterocycles. The topological polar surface area (TPSA) is 78.9 Å². The molecule has 0 heterocycles. The third kappa shape index (κ3) is 56.5. The fraction of sp³-hybridized carbons (Fsp3) is 0.621. The van der Waals surface area contributed by atoms with Crippen molar-refractivity contribution in [3.05, 3.63) is 134 Å². The Kier molecular flexibility index (Phi) is 55.5. The maximum atomic E-state index is 12.9. The average Bonchev–Trinajstić information content (AvgIpc) is 3.38. The number of ether oxygens (including phenoxy) is 3. The molecule has 0 fully saturated rings. The van der Waals surface area contributed by atoms with Crippen LogP contribution in [-0.4, -0.2) is 37.2 Å². The normalized spacial score (nSPS) is 13.1. The number of esters is 3. The maximum absolute atomic E-state index is 12.9. The maximum Gasteiger partial charge on any atom is 0.306 e. The van der Waals surface area contributed by atoms with E-state index in [4.69, 9.17) is 14.2 Å². The number of hydrogen-bond donors (Lipinski definition) is 0. The van der Waals surface area contributed by atoms with E-state index in [9.17, 15) is 14.4 Å². The molecule has 0 N–H and O–H groups in total. The molecule has 406 valence electrons. The van der Waals surface area contributed by atoms with Crippen LogP contribution in [0.5, 0.6) is 0 Å². The lowest BCUT2D eigenvalue weighted by Gasteiger charge is -2.18.